The number of allylic oxidation sites excluding steroid dienone is 6. The van der Waals surface area contributed by atoms with Crippen molar-refractivity contribution in [2.24, 2.45) is 151 Å². The van der Waals surface area contributed by atoms with E-state index in [1.165, 1.54) is 109 Å². The number of carbonyl (C=O) groups is 3. The Morgan fingerprint density at radius 2 is 0.879 bits per heavy atom. The van der Waals surface area contributed by atoms with Crippen molar-refractivity contribution in [2.45, 2.75) is 363 Å². The maximum absolute atomic E-state index is 13.3. The summed E-state index contributed by atoms with van der Waals surface area (Å²) in [5.41, 5.74) is 7.68. The summed E-state index contributed by atoms with van der Waals surface area (Å²) in [4.78, 5) is 38.8. The molecular formula is C96H163AlLiO8P. The van der Waals surface area contributed by atoms with Crippen LogP contribution in [-0.2, 0) is 23.9 Å². The van der Waals surface area contributed by atoms with Crippen molar-refractivity contribution in [1.29, 1.82) is 0 Å². The second-order valence-electron chi connectivity index (χ2n) is 46.4. The fourth-order valence-electron chi connectivity index (χ4n) is 32.2. The van der Waals surface area contributed by atoms with E-state index in [0.29, 0.717) is 94.0 Å². The number of aliphatic hydroxyl groups is 3. The summed E-state index contributed by atoms with van der Waals surface area (Å²) in [5, 5.41) is 32.4. The van der Waals surface area contributed by atoms with Gasteiger partial charge in [-0.05, 0) is 328 Å². The Labute approximate surface area is 683 Å². The molecule has 0 radical (unpaired) electrons. The van der Waals surface area contributed by atoms with Crippen molar-refractivity contribution in [3.8, 4) is 0 Å². The molecule has 12 saturated carbocycles. The summed E-state index contributed by atoms with van der Waals surface area (Å²) in [6.07, 6.45) is 45.5. The quantitative estimate of drug-likeness (QED) is 0.0837. The van der Waals surface area contributed by atoms with E-state index in [1.54, 1.807) is 23.8 Å². The molecule has 0 spiro atoms. The van der Waals surface area contributed by atoms with Gasteiger partial charge in [0.25, 0.3) is 0 Å². The van der Waals surface area contributed by atoms with Crippen LogP contribution in [0.25, 0.3) is 0 Å². The molecule has 107 heavy (non-hydrogen) atoms. The van der Waals surface area contributed by atoms with Crippen molar-refractivity contribution in [3.05, 3.63) is 34.9 Å². The van der Waals surface area contributed by atoms with Crippen LogP contribution in [0.2, 0.25) is 0 Å². The van der Waals surface area contributed by atoms with Gasteiger partial charge in [-0.2, -0.15) is 0 Å². The van der Waals surface area contributed by atoms with Crippen molar-refractivity contribution in [3.63, 3.8) is 0 Å². The Morgan fingerprint density at radius 1 is 0.514 bits per heavy atom. The van der Waals surface area contributed by atoms with Crippen molar-refractivity contribution in [1.82, 2.24) is 0 Å². The predicted octanol–water partition coefficient (Wildman–Crippen LogP) is 19.2. The Balaban J connectivity index is 0.000000177. The number of hydrogen-bond acceptors (Lipinski definition) is 8. The smallest absolute Gasteiger partial charge is 1.00 e. The van der Waals surface area contributed by atoms with Gasteiger partial charge in [0.05, 0.1) is 24.7 Å². The maximum Gasteiger partial charge on any atom is 1.00 e. The molecule has 1 aliphatic heterocycles. The van der Waals surface area contributed by atoms with Crippen molar-refractivity contribution in [2.75, 3.05) is 33.6 Å². The standard InChI is InChI=1S/C31H50O3.C30H50O2.C30H46O2.C4H8O.CH5P.Al.Li.4H/c1-26(2)15-17-31(25(33)34-8)18-16-29(6)20(21(31)19-26)9-10-23-28(5)13-12-24(32)27(3,4)22(28)11-14-30(23,29)7;2*1-25(2)14-16-30(19-31)17-15-28(6)20(21(30)18-25)8-9-23-27(5)12-11-24(32)26(3,4)22(27)10-13-29(23,28)7;1-2-4-5-3-1;1-2;;;;;;/h9,21-24,32H,10-19H2,1-8H3;8,21-24,31-32H,9-19H2,1-7H3;8,19,21-23H,9-18H2,1-7H3;1-4H2;2H2,1H3;;;;;;/q;;;;;;+1;;;;-1/t21-,22?,23?,24-,28-,29-,30+,31-;21-,22?,23?,24-,27-,28-,29+,30+;21-,22?,23?,27-,28-,29+,30+;;;;;;;;/m000......../s1/i;;;;1D;;;;;;. The fourth-order valence-corrected chi connectivity index (χ4v) is 32.2. The molecule has 7 unspecified atom stereocenters. The number of ketones is 1. The zero-order valence-electron chi connectivity index (χ0n) is 74.6. The predicted molar refractivity (Wildman–Crippen MR) is 446 cm³/mol. The Morgan fingerprint density at radius 3 is 1.32 bits per heavy atom. The molecule has 24 atom stereocenters. The van der Waals surface area contributed by atoms with Gasteiger partial charge < -0.3 is 31.0 Å². The van der Waals surface area contributed by atoms with Crippen LogP contribution in [0.15, 0.2) is 34.9 Å². The first kappa shape index (κ1) is 87.3. The molecule has 0 aromatic heterocycles. The minimum absolute atomic E-state index is 0. The topological polar surface area (TPSA) is 130 Å². The number of esters is 1. The van der Waals surface area contributed by atoms with Gasteiger partial charge >= 0.3 is 24.8 Å². The number of carbonyl (C=O) groups excluding carboxylic acids is 3. The molecule has 13 fully saturated rings. The van der Waals surface area contributed by atoms with Crippen molar-refractivity contribution < 1.29 is 60.8 Å². The molecular weight excluding hydrogens is 1350 g/mol. The summed E-state index contributed by atoms with van der Waals surface area (Å²) in [6.45, 7) is 54.5. The first-order chi connectivity index (χ1) is 49.1. The van der Waals surface area contributed by atoms with Gasteiger partial charge in [0.1, 0.15) is 12.1 Å². The van der Waals surface area contributed by atoms with Gasteiger partial charge in [0.2, 0.25) is 0 Å². The van der Waals surface area contributed by atoms with Crippen LogP contribution in [-0.4, -0.2) is 96.5 Å². The number of ether oxygens (including phenoxy) is 2. The van der Waals surface area contributed by atoms with E-state index in [2.05, 4.69) is 173 Å². The number of rotatable bonds is 3. The minimum atomic E-state index is -0.323. The van der Waals surface area contributed by atoms with Gasteiger partial charge in [0, 0.05) is 43.9 Å². The summed E-state index contributed by atoms with van der Waals surface area (Å²) in [7, 11) is 3.84. The summed E-state index contributed by atoms with van der Waals surface area (Å²) in [6, 6.07) is 0. The number of hydrogen-bond donors (Lipinski definition) is 3. The van der Waals surface area contributed by atoms with Gasteiger partial charge in [-0.1, -0.05) is 187 Å². The number of methoxy groups -OCH3 is 1. The Hall–Kier alpha value is -0.570. The molecule has 0 amide bonds. The molecule has 0 bridgehead atoms. The molecule has 16 rings (SSSR count). The third kappa shape index (κ3) is 13.3. The largest absolute Gasteiger partial charge is 1.00 e. The second-order valence-corrected chi connectivity index (χ2v) is 46.4. The number of fused-ring (bicyclic) bond motifs is 21. The van der Waals surface area contributed by atoms with E-state index in [0.717, 1.165) is 116 Å². The first-order valence-electron chi connectivity index (χ1n) is 44.6. The number of aliphatic hydroxyl groups excluding tert-OH is 3. The Kier molecular flexibility index (Phi) is 24.3. The normalized spacial score (nSPS) is 49.0. The summed E-state index contributed by atoms with van der Waals surface area (Å²) in [5.74, 6) is 5.49. The van der Waals surface area contributed by atoms with E-state index in [9.17, 15) is 29.7 Å². The van der Waals surface area contributed by atoms with E-state index < -0.39 is 0 Å². The van der Waals surface area contributed by atoms with Crippen LogP contribution in [0.1, 0.15) is 354 Å². The molecule has 16 aliphatic rings. The molecule has 8 nitrogen and oxygen atoms in total. The third-order valence-electron chi connectivity index (χ3n) is 39.8. The molecule has 0 aromatic rings. The second kappa shape index (κ2) is 29.8. The SMILES string of the molecule is C1CCOC1.CC1(C)CC[C@]2(C=O)CC[C@@]3(C)C(=CCC4[C@@]5(C)CCC(=O)C(C)(C)C5CC[C@]43C)[C@@H]2C1.CC1(C)CC[C@]2(CO)CC[C@@]3(C)C(=CCC4[C@@]5(C)CC[C@H](O)C(C)(C)C5CC[C@]43C)[C@@H]2C1.COC(=O)[C@]12CCC(C)(C)C[C@H]1C1=CCC3[C@@]4(C)CC[C@H](O)C(C)(C)C4CC[C@@]3(C)[C@@]1(C)CC2.[2H]CP.[AlH3].[H-].[Li+]. The monoisotopic (exact) mass is 1510 g/mol. The maximum atomic E-state index is 13.3. The van der Waals surface area contributed by atoms with Crippen LogP contribution in [0.3, 0.4) is 0 Å². The molecule has 604 valence electrons. The van der Waals surface area contributed by atoms with Crippen LogP contribution in [0, 0.1) is 151 Å². The number of Topliss-reactive ketones (excluding diaryl/α,β-unsaturated/α-hetero) is 1. The average Bonchev–Trinajstić information content (AvgIpc) is 0.735. The van der Waals surface area contributed by atoms with Crippen LogP contribution in [0.5, 0.6) is 0 Å². The molecule has 3 N–H and O–H groups in total. The van der Waals surface area contributed by atoms with Crippen LogP contribution in [0.4, 0.5) is 0 Å². The van der Waals surface area contributed by atoms with Crippen LogP contribution < -0.4 is 18.9 Å². The number of aldehydes is 1. The third-order valence-corrected chi connectivity index (χ3v) is 39.8. The molecule has 11 heteroatoms. The minimum Gasteiger partial charge on any atom is -1.00 e. The summed E-state index contributed by atoms with van der Waals surface area (Å²) < 4.78 is 16.6. The molecule has 0 aromatic carbocycles. The van der Waals surface area contributed by atoms with Gasteiger partial charge in [-0.15, -0.1) is 9.24 Å². The zero-order chi connectivity index (χ0) is 77.9. The van der Waals surface area contributed by atoms with E-state index >= 15 is 0 Å². The molecule has 1 saturated heterocycles. The first-order valence-corrected chi connectivity index (χ1v) is 44.7. The van der Waals surface area contributed by atoms with Gasteiger partial charge in [0.15, 0.2) is 17.4 Å². The molecule has 15 aliphatic carbocycles. The van der Waals surface area contributed by atoms with Gasteiger partial charge in [-0.25, -0.2) is 0 Å². The van der Waals surface area contributed by atoms with E-state index in [1.807, 2.05) is 0 Å². The zero-order valence-corrected chi connectivity index (χ0v) is 73.7. The van der Waals surface area contributed by atoms with Gasteiger partial charge in [-0.3, -0.25) is 9.59 Å². The van der Waals surface area contributed by atoms with E-state index in [4.69, 9.17) is 10.8 Å². The van der Waals surface area contributed by atoms with E-state index in [-0.39, 0.29) is 132 Å². The average molecular weight is 1510 g/mol. The Bertz CT molecular complexity index is 3400. The van der Waals surface area contributed by atoms with Crippen molar-refractivity contribution >= 4 is 44.6 Å². The molecule has 1 heterocycles. The van der Waals surface area contributed by atoms with Crippen LogP contribution >= 0.6 is 9.24 Å². The fraction of sp³-hybridized carbons (Fsp3) is 0.906. The summed E-state index contributed by atoms with van der Waals surface area (Å²) >= 11 is 0.